The summed E-state index contributed by atoms with van der Waals surface area (Å²) < 4.78 is 16.2. The van der Waals surface area contributed by atoms with Crippen LogP contribution in [0.4, 0.5) is 4.39 Å². The van der Waals surface area contributed by atoms with Gasteiger partial charge in [-0.1, -0.05) is 6.07 Å². The molecule has 0 fully saturated rings. The lowest BCUT2D eigenvalue weighted by atomic mass is 10.1. The minimum Gasteiger partial charge on any atom is -0.349 e. The summed E-state index contributed by atoms with van der Waals surface area (Å²) in [5.41, 5.74) is 2.29. The number of nitriles is 1. The smallest absolute Gasteiger partial charge is 0.129 e. The summed E-state index contributed by atoms with van der Waals surface area (Å²) in [4.78, 5) is 2.26. The summed E-state index contributed by atoms with van der Waals surface area (Å²) in [6.45, 7) is 4.56. The molecular formula is C16H16FN3. The number of hydrogen-bond donors (Lipinski definition) is 0. The molecular weight excluding hydrogens is 253 g/mol. The fourth-order valence-corrected chi connectivity index (χ4v) is 2.81. The Hall–Kier alpha value is -2.12. The zero-order chi connectivity index (χ0) is 14.1. The first kappa shape index (κ1) is 12.9. The predicted molar refractivity (Wildman–Crippen MR) is 74.4 cm³/mol. The first-order valence-electron chi connectivity index (χ1n) is 6.76. The van der Waals surface area contributed by atoms with Crippen molar-refractivity contribution in [2.24, 2.45) is 0 Å². The number of hydrogen-bond acceptors (Lipinski definition) is 2. The first-order valence-corrected chi connectivity index (χ1v) is 6.76. The molecule has 1 aliphatic heterocycles. The van der Waals surface area contributed by atoms with Crippen LogP contribution in [0.25, 0.3) is 0 Å². The van der Waals surface area contributed by atoms with Crippen LogP contribution in [0.3, 0.4) is 0 Å². The molecule has 2 aromatic rings. The van der Waals surface area contributed by atoms with E-state index in [4.69, 9.17) is 5.26 Å². The van der Waals surface area contributed by atoms with Crippen molar-refractivity contribution < 1.29 is 4.39 Å². The molecule has 0 bridgehead atoms. The van der Waals surface area contributed by atoms with Gasteiger partial charge in [-0.2, -0.15) is 5.26 Å². The lowest BCUT2D eigenvalue weighted by molar-refractivity contribution is 0.159. The topological polar surface area (TPSA) is 32.0 Å². The Labute approximate surface area is 117 Å². The van der Waals surface area contributed by atoms with Gasteiger partial charge in [0, 0.05) is 43.1 Å². The molecule has 0 radical (unpaired) electrons. The average Bonchev–Trinajstić information content (AvgIpc) is 2.93. The molecule has 4 heteroatoms. The average molecular weight is 269 g/mol. The second-order valence-electron chi connectivity index (χ2n) is 5.19. The molecule has 2 heterocycles. The zero-order valence-corrected chi connectivity index (χ0v) is 11.4. The molecule has 0 saturated carbocycles. The molecule has 3 nitrogen and oxygen atoms in total. The van der Waals surface area contributed by atoms with E-state index in [-0.39, 0.29) is 11.9 Å². The Morgan fingerprint density at radius 2 is 2.20 bits per heavy atom. The van der Waals surface area contributed by atoms with Gasteiger partial charge in [-0.05, 0) is 31.2 Å². The van der Waals surface area contributed by atoms with Crippen molar-refractivity contribution in [2.45, 2.75) is 26.1 Å². The van der Waals surface area contributed by atoms with Crippen molar-refractivity contribution >= 4 is 0 Å². The number of rotatable bonds is 2. The summed E-state index contributed by atoms with van der Waals surface area (Å²) in [6.07, 6.45) is 2.09. The van der Waals surface area contributed by atoms with Gasteiger partial charge in [0.1, 0.15) is 5.82 Å². The standard InChI is InChI=1S/C16H16FN3/c1-12-16-3-2-6-19(16)7-8-20(12)11-14-5-4-13(10-18)9-15(14)17/h2-6,9,12H,7-8,11H2,1H3. The third kappa shape index (κ3) is 2.21. The first-order chi connectivity index (χ1) is 9.69. The van der Waals surface area contributed by atoms with E-state index in [1.807, 2.05) is 6.07 Å². The number of fused-ring (bicyclic) bond motifs is 1. The molecule has 0 aliphatic carbocycles. The second-order valence-corrected chi connectivity index (χ2v) is 5.19. The molecule has 102 valence electrons. The van der Waals surface area contributed by atoms with Gasteiger partial charge in [0.05, 0.1) is 11.6 Å². The Kier molecular flexibility index (Phi) is 3.29. The maximum Gasteiger partial charge on any atom is 0.129 e. The Morgan fingerprint density at radius 1 is 1.35 bits per heavy atom. The van der Waals surface area contributed by atoms with E-state index in [0.29, 0.717) is 17.7 Å². The highest BCUT2D eigenvalue weighted by molar-refractivity contribution is 5.33. The van der Waals surface area contributed by atoms with Crippen molar-refractivity contribution in [2.75, 3.05) is 6.54 Å². The lowest BCUT2D eigenvalue weighted by Gasteiger charge is -2.35. The molecule has 0 N–H and O–H groups in total. The van der Waals surface area contributed by atoms with Crippen LogP contribution in [-0.2, 0) is 13.1 Å². The van der Waals surface area contributed by atoms with Crippen molar-refractivity contribution in [1.82, 2.24) is 9.47 Å². The highest BCUT2D eigenvalue weighted by Gasteiger charge is 2.24. The highest BCUT2D eigenvalue weighted by atomic mass is 19.1. The molecule has 1 aliphatic rings. The van der Waals surface area contributed by atoms with E-state index in [2.05, 4.69) is 34.7 Å². The van der Waals surface area contributed by atoms with Crippen LogP contribution in [0.15, 0.2) is 36.5 Å². The van der Waals surface area contributed by atoms with Crippen LogP contribution in [0.2, 0.25) is 0 Å². The number of aromatic nitrogens is 1. The minimum absolute atomic E-state index is 0.272. The molecule has 0 saturated heterocycles. The summed E-state index contributed by atoms with van der Waals surface area (Å²) in [5.74, 6) is -0.294. The molecule has 0 amide bonds. The van der Waals surface area contributed by atoms with Gasteiger partial charge in [-0.25, -0.2) is 4.39 Å². The number of halogens is 1. The second kappa shape index (κ2) is 5.10. The van der Waals surface area contributed by atoms with Crippen LogP contribution in [0.5, 0.6) is 0 Å². The Balaban J connectivity index is 1.81. The maximum atomic E-state index is 14.0. The predicted octanol–water partition coefficient (Wildman–Crippen LogP) is 3.08. The van der Waals surface area contributed by atoms with Crippen molar-refractivity contribution in [3.05, 3.63) is 59.2 Å². The summed E-state index contributed by atoms with van der Waals surface area (Å²) in [6, 6.07) is 11.1. The van der Waals surface area contributed by atoms with E-state index in [1.54, 1.807) is 12.1 Å². The van der Waals surface area contributed by atoms with E-state index >= 15 is 0 Å². The van der Waals surface area contributed by atoms with E-state index in [9.17, 15) is 4.39 Å². The molecule has 3 rings (SSSR count). The fraction of sp³-hybridized carbons (Fsp3) is 0.312. The largest absolute Gasteiger partial charge is 0.349 e. The lowest BCUT2D eigenvalue weighted by Crippen LogP contribution is -2.36. The van der Waals surface area contributed by atoms with E-state index < -0.39 is 0 Å². The molecule has 1 aromatic heterocycles. The van der Waals surface area contributed by atoms with Crippen molar-refractivity contribution in [1.29, 1.82) is 5.26 Å². The van der Waals surface area contributed by atoms with E-state index in [0.717, 1.165) is 13.1 Å². The summed E-state index contributed by atoms with van der Waals surface area (Å²) in [5, 5.41) is 8.77. The Morgan fingerprint density at radius 3 is 2.95 bits per heavy atom. The van der Waals surface area contributed by atoms with Crippen LogP contribution in [0.1, 0.15) is 29.8 Å². The van der Waals surface area contributed by atoms with Crippen LogP contribution in [0, 0.1) is 17.1 Å². The van der Waals surface area contributed by atoms with Gasteiger partial charge in [0.15, 0.2) is 0 Å². The molecule has 1 atom stereocenters. The quantitative estimate of drug-likeness (QED) is 0.839. The Bertz CT molecular complexity index is 669. The van der Waals surface area contributed by atoms with Gasteiger partial charge in [0.25, 0.3) is 0 Å². The minimum atomic E-state index is -0.294. The van der Waals surface area contributed by atoms with Gasteiger partial charge < -0.3 is 4.57 Å². The van der Waals surface area contributed by atoms with Gasteiger partial charge in [-0.3, -0.25) is 4.90 Å². The molecule has 1 unspecified atom stereocenters. The third-order valence-corrected chi connectivity index (χ3v) is 4.02. The molecule has 20 heavy (non-hydrogen) atoms. The number of benzene rings is 1. The molecule has 0 spiro atoms. The molecule has 1 aromatic carbocycles. The van der Waals surface area contributed by atoms with Crippen molar-refractivity contribution in [3.8, 4) is 6.07 Å². The van der Waals surface area contributed by atoms with Gasteiger partial charge >= 0.3 is 0 Å². The van der Waals surface area contributed by atoms with Crippen LogP contribution >= 0.6 is 0 Å². The SMILES string of the molecule is CC1c2cccn2CCN1Cc1ccc(C#N)cc1F. The van der Waals surface area contributed by atoms with Crippen LogP contribution < -0.4 is 0 Å². The zero-order valence-electron chi connectivity index (χ0n) is 11.4. The van der Waals surface area contributed by atoms with E-state index in [1.165, 1.54) is 11.8 Å². The van der Waals surface area contributed by atoms with Crippen molar-refractivity contribution in [3.63, 3.8) is 0 Å². The van der Waals surface area contributed by atoms with Gasteiger partial charge in [0.2, 0.25) is 0 Å². The normalized spacial score (nSPS) is 18.6. The highest BCUT2D eigenvalue weighted by Crippen LogP contribution is 2.27. The third-order valence-electron chi connectivity index (χ3n) is 4.02. The summed E-state index contributed by atoms with van der Waals surface area (Å²) in [7, 11) is 0. The monoisotopic (exact) mass is 269 g/mol. The fourth-order valence-electron chi connectivity index (χ4n) is 2.81. The van der Waals surface area contributed by atoms with Gasteiger partial charge in [-0.15, -0.1) is 0 Å². The summed E-state index contributed by atoms with van der Waals surface area (Å²) >= 11 is 0. The maximum absolute atomic E-state index is 14.0. The number of nitrogens with zero attached hydrogens (tertiary/aromatic N) is 3. The van der Waals surface area contributed by atoms with Crippen LogP contribution in [-0.4, -0.2) is 16.0 Å².